The van der Waals surface area contributed by atoms with Gasteiger partial charge in [-0.05, 0) is 26.8 Å². The van der Waals surface area contributed by atoms with E-state index in [4.69, 9.17) is 19.2 Å². The van der Waals surface area contributed by atoms with Crippen molar-refractivity contribution in [2.24, 2.45) is 0 Å². The van der Waals surface area contributed by atoms with E-state index in [-0.39, 0.29) is 11.4 Å². The highest BCUT2D eigenvalue weighted by Gasteiger charge is 2.41. The molecule has 2 aliphatic rings. The number of amides is 1. The summed E-state index contributed by atoms with van der Waals surface area (Å²) in [7, 11) is 2.15. The van der Waals surface area contributed by atoms with Gasteiger partial charge in [0.15, 0.2) is 5.69 Å². The van der Waals surface area contributed by atoms with Crippen LogP contribution in [0.2, 0.25) is 0 Å². The van der Waals surface area contributed by atoms with Gasteiger partial charge in [0.25, 0.3) is 5.91 Å². The molecular formula is C16H22F3N3O5. The lowest BCUT2D eigenvalue weighted by molar-refractivity contribution is -0.192. The predicted molar refractivity (Wildman–Crippen MR) is 86.2 cm³/mol. The number of morpholine rings is 1. The quantitative estimate of drug-likeness (QED) is 0.773. The highest BCUT2D eigenvalue weighted by molar-refractivity contribution is 5.92. The SMILES string of the molecule is Cc1cc(C(=O)N2CCC3(CC2)COCCN3C)no1.O=C(O)C(F)(F)F. The number of ether oxygens (including phenoxy) is 1. The number of aliphatic carboxylic acids is 1. The lowest BCUT2D eigenvalue weighted by Gasteiger charge is -2.49. The fourth-order valence-electron chi connectivity index (χ4n) is 3.09. The smallest absolute Gasteiger partial charge is 0.475 e. The molecule has 27 heavy (non-hydrogen) atoms. The predicted octanol–water partition coefficient (Wildman–Crippen LogP) is 1.55. The number of nitrogens with zero attached hydrogens (tertiary/aromatic N) is 3. The molecule has 0 radical (unpaired) electrons. The zero-order valence-corrected chi connectivity index (χ0v) is 15.1. The number of piperidine rings is 1. The van der Waals surface area contributed by atoms with Gasteiger partial charge in [-0.25, -0.2) is 4.79 Å². The fraction of sp³-hybridized carbons (Fsp3) is 0.688. The molecule has 1 aromatic rings. The highest BCUT2D eigenvalue weighted by atomic mass is 19.4. The minimum atomic E-state index is -5.08. The Balaban J connectivity index is 0.000000321. The van der Waals surface area contributed by atoms with Gasteiger partial charge in [-0.3, -0.25) is 9.69 Å². The van der Waals surface area contributed by atoms with Gasteiger partial charge in [0.05, 0.1) is 13.2 Å². The van der Waals surface area contributed by atoms with E-state index in [0.717, 1.165) is 45.7 Å². The lowest BCUT2D eigenvalue weighted by Crippen LogP contribution is -2.60. The number of carbonyl (C=O) groups is 2. The Bertz CT molecular complexity index is 669. The average molecular weight is 393 g/mol. The molecule has 0 unspecified atom stereocenters. The summed E-state index contributed by atoms with van der Waals surface area (Å²) in [5.74, 6) is -2.12. The van der Waals surface area contributed by atoms with E-state index in [1.807, 2.05) is 4.90 Å². The molecule has 1 amide bonds. The Kier molecular flexibility index (Phi) is 6.47. The largest absolute Gasteiger partial charge is 0.490 e. The van der Waals surface area contributed by atoms with Gasteiger partial charge < -0.3 is 19.3 Å². The van der Waals surface area contributed by atoms with Crippen LogP contribution in [-0.4, -0.2) is 83.6 Å². The van der Waals surface area contributed by atoms with E-state index in [0.29, 0.717) is 11.5 Å². The van der Waals surface area contributed by atoms with Crippen LogP contribution in [0.3, 0.4) is 0 Å². The molecule has 8 nitrogen and oxygen atoms in total. The zero-order valence-electron chi connectivity index (χ0n) is 15.1. The number of likely N-dealkylation sites (tertiary alicyclic amines) is 1. The van der Waals surface area contributed by atoms with Crippen molar-refractivity contribution in [1.82, 2.24) is 15.0 Å². The number of hydrogen-bond acceptors (Lipinski definition) is 6. The molecule has 3 rings (SSSR count). The summed E-state index contributed by atoms with van der Waals surface area (Å²) in [5, 5.41) is 10.9. The molecule has 0 aromatic carbocycles. The molecule has 0 bridgehead atoms. The molecule has 1 N–H and O–H groups in total. The maximum atomic E-state index is 12.3. The van der Waals surface area contributed by atoms with E-state index in [1.165, 1.54) is 0 Å². The number of likely N-dealkylation sites (N-methyl/N-ethyl adjacent to an activating group) is 1. The van der Waals surface area contributed by atoms with Crippen molar-refractivity contribution in [1.29, 1.82) is 0 Å². The first kappa shape index (κ1) is 21.2. The summed E-state index contributed by atoms with van der Waals surface area (Å²) in [6.45, 7) is 5.84. The van der Waals surface area contributed by atoms with Crippen LogP contribution in [0.15, 0.2) is 10.6 Å². The summed E-state index contributed by atoms with van der Waals surface area (Å²) in [5.41, 5.74) is 0.515. The third-order valence-corrected chi connectivity index (χ3v) is 4.82. The monoisotopic (exact) mass is 393 g/mol. The van der Waals surface area contributed by atoms with E-state index in [9.17, 15) is 18.0 Å². The Morgan fingerprint density at radius 2 is 1.85 bits per heavy atom. The van der Waals surface area contributed by atoms with Crippen molar-refractivity contribution in [3.8, 4) is 0 Å². The van der Waals surface area contributed by atoms with Crippen LogP contribution in [-0.2, 0) is 9.53 Å². The first-order valence-corrected chi connectivity index (χ1v) is 8.37. The molecule has 2 fully saturated rings. The molecule has 11 heteroatoms. The molecule has 2 aliphatic heterocycles. The average Bonchev–Trinajstić information content (AvgIpc) is 3.04. The molecule has 1 spiro atoms. The van der Waals surface area contributed by atoms with E-state index >= 15 is 0 Å². The maximum Gasteiger partial charge on any atom is 0.490 e. The van der Waals surface area contributed by atoms with E-state index < -0.39 is 12.1 Å². The summed E-state index contributed by atoms with van der Waals surface area (Å²) in [4.78, 5) is 25.5. The van der Waals surface area contributed by atoms with Crippen molar-refractivity contribution in [3.63, 3.8) is 0 Å². The summed E-state index contributed by atoms with van der Waals surface area (Å²) in [6.07, 6.45) is -3.18. The van der Waals surface area contributed by atoms with Crippen molar-refractivity contribution in [3.05, 3.63) is 17.5 Å². The van der Waals surface area contributed by atoms with Crippen LogP contribution in [0.1, 0.15) is 29.1 Å². The summed E-state index contributed by atoms with van der Waals surface area (Å²) >= 11 is 0. The number of aromatic nitrogens is 1. The number of aryl methyl sites for hydroxylation is 1. The van der Waals surface area contributed by atoms with Crippen molar-refractivity contribution < 1.29 is 37.1 Å². The Hall–Kier alpha value is -2.14. The number of carboxylic acid groups (broad SMARTS) is 1. The van der Waals surface area contributed by atoms with Crippen LogP contribution >= 0.6 is 0 Å². The van der Waals surface area contributed by atoms with Gasteiger partial charge in [-0.15, -0.1) is 0 Å². The Morgan fingerprint density at radius 3 is 2.30 bits per heavy atom. The fourth-order valence-corrected chi connectivity index (χ4v) is 3.09. The number of rotatable bonds is 1. The minimum absolute atomic E-state index is 0.0314. The molecule has 1 aromatic heterocycles. The van der Waals surface area contributed by atoms with Crippen molar-refractivity contribution in [2.45, 2.75) is 31.5 Å². The van der Waals surface area contributed by atoms with Gasteiger partial charge in [-0.2, -0.15) is 13.2 Å². The van der Waals surface area contributed by atoms with Gasteiger partial charge in [0.1, 0.15) is 5.76 Å². The lowest BCUT2D eigenvalue weighted by atomic mass is 9.85. The normalized spacial score (nSPS) is 20.1. The van der Waals surface area contributed by atoms with Crippen LogP contribution in [0.4, 0.5) is 13.2 Å². The Morgan fingerprint density at radius 1 is 1.26 bits per heavy atom. The maximum absolute atomic E-state index is 12.3. The summed E-state index contributed by atoms with van der Waals surface area (Å²) < 4.78 is 42.4. The van der Waals surface area contributed by atoms with Crippen molar-refractivity contribution >= 4 is 11.9 Å². The van der Waals surface area contributed by atoms with Crippen LogP contribution < -0.4 is 0 Å². The second kappa shape index (κ2) is 8.26. The second-order valence-corrected chi connectivity index (χ2v) is 6.62. The number of hydrogen-bond donors (Lipinski definition) is 1. The molecule has 3 heterocycles. The van der Waals surface area contributed by atoms with Gasteiger partial charge in [-0.1, -0.05) is 5.16 Å². The highest BCUT2D eigenvalue weighted by Crippen LogP contribution is 2.31. The molecule has 0 saturated carbocycles. The standard InChI is InChI=1S/C14H21N3O3.C2HF3O2/c1-11-9-12(15-20-11)13(18)17-5-3-14(4-6-17)10-19-8-7-16(14)2;3-2(4,5)1(6)7/h9H,3-8,10H2,1-2H3;(H,6,7). The first-order chi connectivity index (χ1) is 12.5. The van der Waals surface area contributed by atoms with Gasteiger partial charge in [0.2, 0.25) is 0 Å². The minimum Gasteiger partial charge on any atom is -0.475 e. The summed E-state index contributed by atoms with van der Waals surface area (Å²) in [6, 6.07) is 1.70. The number of halogens is 3. The molecule has 0 aliphatic carbocycles. The van der Waals surface area contributed by atoms with Crippen molar-refractivity contribution in [2.75, 3.05) is 39.9 Å². The number of carbonyl (C=O) groups excluding carboxylic acids is 1. The zero-order chi connectivity index (χ0) is 20.2. The van der Waals surface area contributed by atoms with Gasteiger partial charge >= 0.3 is 12.1 Å². The number of carboxylic acids is 1. The Labute approximate surface area is 153 Å². The topological polar surface area (TPSA) is 96.1 Å². The third-order valence-electron chi connectivity index (χ3n) is 4.82. The molecular weight excluding hydrogens is 371 g/mol. The van der Waals surface area contributed by atoms with Crippen LogP contribution in [0.5, 0.6) is 0 Å². The van der Waals surface area contributed by atoms with E-state index in [1.54, 1.807) is 13.0 Å². The molecule has 2 saturated heterocycles. The van der Waals surface area contributed by atoms with Crippen LogP contribution in [0, 0.1) is 6.92 Å². The van der Waals surface area contributed by atoms with Crippen LogP contribution in [0.25, 0.3) is 0 Å². The molecule has 0 atom stereocenters. The van der Waals surface area contributed by atoms with E-state index in [2.05, 4.69) is 17.1 Å². The first-order valence-electron chi connectivity index (χ1n) is 8.37. The number of alkyl halides is 3. The molecule has 152 valence electrons. The van der Waals surface area contributed by atoms with Gasteiger partial charge in [0, 0.05) is 31.2 Å². The third kappa shape index (κ3) is 5.19. The second-order valence-electron chi connectivity index (χ2n) is 6.62.